The largest absolute Gasteiger partial charge is 0.381 e. The molecule has 2 aliphatic rings. The minimum atomic E-state index is -0.916. The predicted octanol–water partition coefficient (Wildman–Crippen LogP) is 4.69. The van der Waals surface area contributed by atoms with Crippen LogP contribution in [0.2, 0.25) is 5.02 Å². The third kappa shape index (κ3) is 5.48. The zero-order valence-corrected chi connectivity index (χ0v) is 23.8. The van der Waals surface area contributed by atoms with E-state index >= 15 is 0 Å². The molecule has 3 heterocycles. The van der Waals surface area contributed by atoms with Crippen molar-refractivity contribution in [3.8, 4) is 0 Å². The number of aliphatic imine (C=N–C) groups is 1. The van der Waals surface area contributed by atoms with E-state index in [2.05, 4.69) is 37.6 Å². The molecule has 1 aliphatic carbocycles. The van der Waals surface area contributed by atoms with E-state index in [9.17, 15) is 9.59 Å². The zero-order valence-electron chi connectivity index (χ0n) is 22.1. The van der Waals surface area contributed by atoms with E-state index < -0.39 is 16.9 Å². The number of nitrogens with one attached hydrogen (secondary N) is 1. The lowest BCUT2D eigenvalue weighted by molar-refractivity contribution is -0.119. The number of amides is 2. The van der Waals surface area contributed by atoms with Crippen molar-refractivity contribution in [1.29, 1.82) is 0 Å². The average Bonchev–Trinajstić information content (AvgIpc) is 3.56. The molecule has 1 aliphatic heterocycles. The first-order valence-corrected chi connectivity index (χ1v) is 14.0. The van der Waals surface area contributed by atoms with Gasteiger partial charge in [0.1, 0.15) is 5.69 Å². The van der Waals surface area contributed by atoms with Gasteiger partial charge < -0.3 is 10.1 Å². The van der Waals surface area contributed by atoms with E-state index in [0.717, 1.165) is 50.2 Å². The molecule has 201 valence electrons. The maximum absolute atomic E-state index is 14.0. The summed E-state index contributed by atoms with van der Waals surface area (Å²) >= 11 is 6.70. The number of ether oxygens (including phenoxy) is 1. The van der Waals surface area contributed by atoms with Crippen molar-refractivity contribution in [2.75, 3.05) is 18.5 Å². The first-order valence-electron chi connectivity index (χ1n) is 13.1. The van der Waals surface area contributed by atoms with Gasteiger partial charge >= 0.3 is 0 Å². The highest BCUT2D eigenvalue weighted by Gasteiger charge is 2.59. The van der Waals surface area contributed by atoms with E-state index in [0.29, 0.717) is 22.3 Å². The molecule has 0 bridgehead atoms. The SMILES string of the molecule is Cn1nccc1C(=O)N=CC(C(=O)Nc1ccc(C2CCOCC2)nc1)C([Si])(c1ccccc1Cl)C1(C)CC1. The van der Waals surface area contributed by atoms with Crippen molar-refractivity contribution >= 4 is 45.6 Å². The third-order valence-corrected chi connectivity index (χ3v) is 9.59. The second-order valence-corrected chi connectivity index (χ2v) is 11.8. The number of carbonyl (C=O) groups is 2. The molecular weight excluding hydrogens is 530 g/mol. The average molecular weight is 561 g/mol. The van der Waals surface area contributed by atoms with Gasteiger partial charge in [-0.05, 0) is 60.9 Å². The van der Waals surface area contributed by atoms with Crippen molar-refractivity contribution in [2.45, 2.75) is 43.6 Å². The zero-order chi connectivity index (χ0) is 27.6. The fourth-order valence-electron chi connectivity index (χ4n) is 5.33. The molecule has 0 spiro atoms. The Morgan fingerprint density at radius 1 is 1.23 bits per heavy atom. The highest BCUT2D eigenvalue weighted by molar-refractivity contribution is 6.33. The standard InChI is InChI=1S/C29H31ClN5O3Si/c1-28(12-13-28)29(39,21-5-3-4-6-23(21)30)22(18-32-27(37)25-9-14-33-35(25)2)26(36)34-20-7-8-24(31-17-20)19-10-15-38-16-11-19/h3-9,14,17-19,22H,10-13,15-16H2,1-2H3,(H,34,36). The molecular formula is C29H31ClN5O3Si. The van der Waals surface area contributed by atoms with Crippen molar-refractivity contribution < 1.29 is 14.3 Å². The summed E-state index contributed by atoms with van der Waals surface area (Å²) in [5.41, 5.74) is 2.38. The summed E-state index contributed by atoms with van der Waals surface area (Å²) in [4.78, 5) is 35.8. The molecule has 5 rings (SSSR count). The van der Waals surface area contributed by atoms with E-state index in [1.54, 1.807) is 19.3 Å². The second kappa shape index (κ2) is 11.2. The lowest BCUT2D eigenvalue weighted by Crippen LogP contribution is -2.49. The second-order valence-electron chi connectivity index (χ2n) is 10.6. The van der Waals surface area contributed by atoms with Crippen LogP contribution in [0, 0.1) is 11.3 Å². The van der Waals surface area contributed by atoms with Crippen LogP contribution in [-0.2, 0) is 21.6 Å². The van der Waals surface area contributed by atoms with Gasteiger partial charge in [0.05, 0.1) is 17.8 Å². The molecule has 1 aromatic carbocycles. The summed E-state index contributed by atoms with van der Waals surface area (Å²) in [6, 6.07) is 12.9. The van der Waals surface area contributed by atoms with Gasteiger partial charge in [0.15, 0.2) is 0 Å². The lowest BCUT2D eigenvalue weighted by atomic mass is 9.73. The molecule has 39 heavy (non-hydrogen) atoms. The van der Waals surface area contributed by atoms with Crippen LogP contribution < -0.4 is 5.32 Å². The van der Waals surface area contributed by atoms with Gasteiger partial charge in [0.25, 0.3) is 5.91 Å². The van der Waals surface area contributed by atoms with Crippen LogP contribution in [0.1, 0.15) is 60.3 Å². The molecule has 3 aromatic rings. The third-order valence-electron chi connectivity index (χ3n) is 8.07. The summed E-state index contributed by atoms with van der Waals surface area (Å²) in [6.45, 7) is 3.58. The van der Waals surface area contributed by atoms with Gasteiger partial charge in [-0.25, -0.2) is 4.99 Å². The maximum atomic E-state index is 14.0. The molecule has 2 unspecified atom stereocenters. The minimum Gasteiger partial charge on any atom is -0.381 e. The van der Waals surface area contributed by atoms with Crippen molar-refractivity contribution in [1.82, 2.24) is 14.8 Å². The first kappa shape index (κ1) is 27.4. The van der Waals surface area contributed by atoms with E-state index in [1.165, 1.54) is 17.1 Å². The summed E-state index contributed by atoms with van der Waals surface area (Å²) in [5.74, 6) is -1.31. The van der Waals surface area contributed by atoms with Crippen LogP contribution in [0.4, 0.5) is 5.69 Å². The van der Waals surface area contributed by atoms with Gasteiger partial charge in [0, 0.05) is 64.6 Å². The number of rotatable bonds is 8. The quantitative estimate of drug-likeness (QED) is 0.318. The van der Waals surface area contributed by atoms with E-state index in [1.807, 2.05) is 36.4 Å². The molecule has 1 saturated carbocycles. The van der Waals surface area contributed by atoms with Crippen molar-refractivity contribution in [3.63, 3.8) is 0 Å². The predicted molar refractivity (Wildman–Crippen MR) is 151 cm³/mol. The number of benzene rings is 1. The Kier molecular flexibility index (Phi) is 7.84. The van der Waals surface area contributed by atoms with Crippen LogP contribution in [-0.4, -0.2) is 56.2 Å². The Morgan fingerprint density at radius 3 is 2.59 bits per heavy atom. The van der Waals surface area contributed by atoms with Crippen LogP contribution in [0.15, 0.2) is 59.9 Å². The first-order chi connectivity index (χ1) is 18.7. The Bertz CT molecular complexity index is 1380. The monoisotopic (exact) mass is 560 g/mol. The van der Waals surface area contributed by atoms with Crippen LogP contribution in [0.3, 0.4) is 0 Å². The van der Waals surface area contributed by atoms with Crippen LogP contribution in [0.5, 0.6) is 0 Å². The van der Waals surface area contributed by atoms with Crippen molar-refractivity contribution in [2.24, 2.45) is 23.4 Å². The Balaban J connectivity index is 1.48. The van der Waals surface area contributed by atoms with Gasteiger partial charge in [-0.3, -0.25) is 19.3 Å². The number of halogens is 1. The smallest absolute Gasteiger partial charge is 0.294 e. The van der Waals surface area contributed by atoms with Gasteiger partial charge in [0.2, 0.25) is 5.91 Å². The topological polar surface area (TPSA) is 98.5 Å². The number of hydrogen-bond acceptors (Lipinski definition) is 5. The molecule has 2 atom stereocenters. The minimum absolute atomic E-state index is 0.288. The fraction of sp³-hybridized carbons (Fsp3) is 0.414. The molecule has 2 fully saturated rings. The maximum Gasteiger partial charge on any atom is 0.294 e. The summed E-state index contributed by atoms with van der Waals surface area (Å²) in [7, 11) is 5.74. The molecule has 1 saturated heterocycles. The molecule has 2 aromatic heterocycles. The number of aryl methyl sites for hydroxylation is 1. The number of aromatic nitrogens is 3. The van der Waals surface area contributed by atoms with Gasteiger partial charge in [-0.1, -0.05) is 36.7 Å². The number of hydrogen-bond donors (Lipinski definition) is 1. The molecule has 1 N–H and O–H groups in total. The highest BCUT2D eigenvalue weighted by atomic mass is 35.5. The van der Waals surface area contributed by atoms with Gasteiger partial charge in [-0.15, -0.1) is 0 Å². The lowest BCUT2D eigenvalue weighted by Gasteiger charge is -2.42. The Morgan fingerprint density at radius 2 is 1.97 bits per heavy atom. The number of carbonyl (C=O) groups excluding carboxylic acids is 2. The molecule has 2 amide bonds. The fourth-order valence-corrected chi connectivity index (χ4v) is 6.37. The van der Waals surface area contributed by atoms with Crippen molar-refractivity contribution in [3.05, 3.63) is 76.8 Å². The number of anilines is 1. The normalized spacial score (nSPS) is 19.4. The number of pyridine rings is 1. The molecule has 8 nitrogen and oxygen atoms in total. The van der Waals surface area contributed by atoms with Crippen LogP contribution in [0.25, 0.3) is 0 Å². The summed E-state index contributed by atoms with van der Waals surface area (Å²) in [6.07, 6.45) is 8.30. The van der Waals surface area contributed by atoms with E-state index in [4.69, 9.17) is 16.3 Å². The number of nitrogens with zero attached hydrogens (tertiary/aromatic N) is 4. The summed E-state index contributed by atoms with van der Waals surface area (Å²) in [5, 5.41) is 6.69. The van der Waals surface area contributed by atoms with Gasteiger partial charge in [-0.2, -0.15) is 5.10 Å². The highest BCUT2D eigenvalue weighted by Crippen LogP contribution is 2.61. The molecule has 10 heteroatoms. The van der Waals surface area contributed by atoms with Crippen LogP contribution >= 0.6 is 11.6 Å². The Labute approximate surface area is 236 Å². The van der Waals surface area contributed by atoms with E-state index in [-0.39, 0.29) is 11.3 Å². The molecule has 3 radical (unpaired) electrons. The summed E-state index contributed by atoms with van der Waals surface area (Å²) < 4.78 is 6.92. The Hall–Kier alpha value is -3.14.